The number of para-hydroxylation sites is 1. The van der Waals surface area contributed by atoms with E-state index in [1.165, 1.54) is 11.8 Å². The van der Waals surface area contributed by atoms with Crippen molar-refractivity contribution in [2.45, 2.75) is 56.5 Å². The third-order valence-electron chi connectivity index (χ3n) is 5.67. The molecule has 3 N–H and O–H groups in total. The van der Waals surface area contributed by atoms with Gasteiger partial charge in [-0.3, -0.25) is 19.5 Å². The number of thioether (sulfide) groups is 1. The zero-order valence-corrected chi connectivity index (χ0v) is 17.2. The molecule has 1 fully saturated rings. The number of aromatic nitrogens is 2. The minimum Gasteiger partial charge on any atom is -0.351 e. The average molecular weight is 403 g/mol. The van der Waals surface area contributed by atoms with Crippen molar-refractivity contribution in [3.63, 3.8) is 0 Å². The summed E-state index contributed by atoms with van der Waals surface area (Å²) < 4.78 is 1.77. The van der Waals surface area contributed by atoms with Crippen molar-refractivity contribution >= 4 is 34.6 Å². The van der Waals surface area contributed by atoms with Crippen LogP contribution >= 0.6 is 11.8 Å². The van der Waals surface area contributed by atoms with Crippen LogP contribution in [0, 0.1) is 11.8 Å². The molecule has 1 aliphatic rings. The van der Waals surface area contributed by atoms with E-state index in [0.717, 1.165) is 19.3 Å². The normalized spacial score (nSPS) is 23.3. The van der Waals surface area contributed by atoms with Crippen LogP contribution in [0.15, 0.2) is 34.2 Å². The molecule has 28 heavy (non-hydrogen) atoms. The number of hydrogen-bond donors (Lipinski definition) is 2. The standard InChI is InChI=1S/C20H26N4O3S/c1-11-7-6-10-16(12(11)2)24-18(26)14-8-4-5-9-15(14)22-20(24)28-13(3)17(25)23-19(21)27/h4-5,8-9,11-13,16H,6-7,10H2,1-3H3,(H3,21,23,25,27)/t11-,12+,13+,16-/m1/s1. The molecule has 0 radical (unpaired) electrons. The van der Waals surface area contributed by atoms with Gasteiger partial charge in [-0.1, -0.05) is 50.6 Å². The van der Waals surface area contributed by atoms with Gasteiger partial charge in [-0.25, -0.2) is 9.78 Å². The summed E-state index contributed by atoms with van der Waals surface area (Å²) in [5, 5.41) is 2.55. The molecular formula is C20H26N4O3S. The number of urea groups is 1. The lowest BCUT2D eigenvalue weighted by Crippen LogP contribution is -2.40. The van der Waals surface area contributed by atoms with Crippen molar-refractivity contribution in [1.29, 1.82) is 0 Å². The van der Waals surface area contributed by atoms with Crippen LogP contribution in [0.1, 0.15) is 46.1 Å². The van der Waals surface area contributed by atoms with Crippen LogP contribution in [0.25, 0.3) is 10.9 Å². The highest BCUT2D eigenvalue weighted by atomic mass is 32.2. The Hall–Kier alpha value is -2.35. The van der Waals surface area contributed by atoms with E-state index < -0.39 is 17.2 Å². The lowest BCUT2D eigenvalue weighted by Gasteiger charge is -2.36. The van der Waals surface area contributed by atoms with Crippen molar-refractivity contribution in [3.8, 4) is 0 Å². The average Bonchev–Trinajstić information content (AvgIpc) is 2.64. The summed E-state index contributed by atoms with van der Waals surface area (Å²) in [6.45, 7) is 6.06. The molecule has 1 aromatic heterocycles. The number of nitrogens with zero attached hydrogens (tertiary/aromatic N) is 2. The number of carbonyl (C=O) groups excluding carboxylic acids is 2. The Morgan fingerprint density at radius 3 is 2.71 bits per heavy atom. The summed E-state index contributed by atoms with van der Waals surface area (Å²) in [4.78, 5) is 41.2. The molecule has 4 atom stereocenters. The second-order valence-corrected chi connectivity index (χ2v) is 8.84. The number of benzene rings is 1. The van der Waals surface area contributed by atoms with Gasteiger partial charge in [0, 0.05) is 6.04 Å². The molecule has 3 rings (SSSR count). The van der Waals surface area contributed by atoms with Gasteiger partial charge in [0.05, 0.1) is 16.2 Å². The molecule has 0 spiro atoms. The second-order valence-electron chi connectivity index (χ2n) is 7.53. The van der Waals surface area contributed by atoms with Crippen molar-refractivity contribution < 1.29 is 9.59 Å². The van der Waals surface area contributed by atoms with E-state index in [-0.39, 0.29) is 11.6 Å². The number of hydrogen-bond acceptors (Lipinski definition) is 5. The second kappa shape index (κ2) is 8.34. The molecule has 1 aromatic carbocycles. The van der Waals surface area contributed by atoms with E-state index >= 15 is 0 Å². The minimum absolute atomic E-state index is 0.0299. The van der Waals surface area contributed by atoms with Crippen molar-refractivity contribution in [2.75, 3.05) is 0 Å². The van der Waals surface area contributed by atoms with Gasteiger partial charge in [-0.15, -0.1) is 0 Å². The van der Waals surface area contributed by atoms with Gasteiger partial charge in [0.15, 0.2) is 5.16 Å². The van der Waals surface area contributed by atoms with Gasteiger partial charge in [0.2, 0.25) is 5.91 Å². The lowest BCUT2D eigenvalue weighted by atomic mass is 9.78. The number of fused-ring (bicyclic) bond motifs is 1. The van der Waals surface area contributed by atoms with Gasteiger partial charge in [0.1, 0.15) is 0 Å². The third-order valence-corrected chi connectivity index (χ3v) is 6.74. The molecule has 7 nitrogen and oxygen atoms in total. The number of amides is 3. The summed E-state index contributed by atoms with van der Waals surface area (Å²) in [6.07, 6.45) is 3.10. The molecule has 0 bridgehead atoms. The highest BCUT2D eigenvalue weighted by Crippen LogP contribution is 2.39. The van der Waals surface area contributed by atoms with Crippen LogP contribution in [0.3, 0.4) is 0 Å². The zero-order chi connectivity index (χ0) is 20.4. The quantitative estimate of drug-likeness (QED) is 0.604. The number of imide groups is 1. The Kier molecular flexibility index (Phi) is 6.07. The Balaban J connectivity index is 2.08. The van der Waals surface area contributed by atoms with Crippen LogP contribution in [0.5, 0.6) is 0 Å². The molecule has 0 saturated heterocycles. The predicted molar refractivity (Wildman–Crippen MR) is 110 cm³/mol. The summed E-state index contributed by atoms with van der Waals surface area (Å²) >= 11 is 1.18. The molecular weight excluding hydrogens is 376 g/mol. The first-order valence-corrected chi connectivity index (χ1v) is 10.5. The van der Waals surface area contributed by atoms with Gasteiger partial charge in [0.25, 0.3) is 5.56 Å². The van der Waals surface area contributed by atoms with Crippen LogP contribution in [-0.4, -0.2) is 26.7 Å². The number of primary amides is 1. The van der Waals surface area contributed by atoms with Crippen molar-refractivity contribution in [2.24, 2.45) is 17.6 Å². The number of nitrogens with one attached hydrogen (secondary N) is 1. The molecule has 1 heterocycles. The topological polar surface area (TPSA) is 107 Å². The summed E-state index contributed by atoms with van der Waals surface area (Å²) in [7, 11) is 0. The molecule has 2 aromatic rings. The van der Waals surface area contributed by atoms with Crippen molar-refractivity contribution in [1.82, 2.24) is 14.9 Å². The highest BCUT2D eigenvalue weighted by Gasteiger charge is 2.32. The molecule has 150 valence electrons. The monoisotopic (exact) mass is 402 g/mol. The maximum Gasteiger partial charge on any atom is 0.318 e. The smallest absolute Gasteiger partial charge is 0.318 e. The van der Waals surface area contributed by atoms with E-state index in [2.05, 4.69) is 19.2 Å². The molecule has 0 aliphatic heterocycles. The first-order chi connectivity index (χ1) is 13.3. The van der Waals surface area contributed by atoms with Crippen LogP contribution in [0.4, 0.5) is 4.79 Å². The Morgan fingerprint density at radius 2 is 2.00 bits per heavy atom. The van der Waals surface area contributed by atoms with E-state index in [0.29, 0.717) is 27.9 Å². The number of carbonyl (C=O) groups is 2. The van der Waals surface area contributed by atoms with Gasteiger partial charge in [-0.2, -0.15) is 0 Å². The third kappa shape index (κ3) is 4.06. The van der Waals surface area contributed by atoms with Crippen molar-refractivity contribution in [3.05, 3.63) is 34.6 Å². The van der Waals surface area contributed by atoms with Crippen LogP contribution in [-0.2, 0) is 4.79 Å². The Morgan fingerprint density at radius 1 is 1.29 bits per heavy atom. The number of nitrogens with two attached hydrogens (primary N) is 1. The Labute approximate surface area is 168 Å². The summed E-state index contributed by atoms with van der Waals surface area (Å²) in [5.41, 5.74) is 5.57. The first-order valence-electron chi connectivity index (χ1n) is 9.57. The molecule has 0 unspecified atom stereocenters. The maximum absolute atomic E-state index is 13.4. The maximum atomic E-state index is 13.4. The molecule has 3 amide bonds. The molecule has 1 aliphatic carbocycles. The highest BCUT2D eigenvalue weighted by molar-refractivity contribution is 8.00. The van der Waals surface area contributed by atoms with Crippen LogP contribution < -0.4 is 16.6 Å². The fraction of sp³-hybridized carbons (Fsp3) is 0.500. The Bertz CT molecular complexity index is 958. The van der Waals surface area contributed by atoms with E-state index in [1.807, 2.05) is 12.1 Å². The summed E-state index contributed by atoms with van der Waals surface area (Å²) in [5.74, 6) is 0.325. The predicted octanol–water partition coefficient (Wildman–Crippen LogP) is 3.07. The fourth-order valence-corrected chi connectivity index (χ4v) is 4.82. The van der Waals surface area contributed by atoms with Gasteiger partial charge < -0.3 is 5.73 Å². The lowest BCUT2D eigenvalue weighted by molar-refractivity contribution is -0.119. The van der Waals surface area contributed by atoms with Crippen LogP contribution in [0.2, 0.25) is 0 Å². The van der Waals surface area contributed by atoms with E-state index in [4.69, 9.17) is 10.7 Å². The molecule has 8 heteroatoms. The molecule has 1 saturated carbocycles. The zero-order valence-electron chi connectivity index (χ0n) is 16.3. The number of rotatable bonds is 4. The first kappa shape index (κ1) is 20.4. The largest absolute Gasteiger partial charge is 0.351 e. The van der Waals surface area contributed by atoms with Gasteiger partial charge >= 0.3 is 6.03 Å². The van der Waals surface area contributed by atoms with E-state index in [1.54, 1.807) is 23.6 Å². The fourth-order valence-electron chi connectivity index (χ4n) is 3.85. The van der Waals surface area contributed by atoms with Gasteiger partial charge in [-0.05, 0) is 37.3 Å². The van der Waals surface area contributed by atoms with E-state index in [9.17, 15) is 14.4 Å². The minimum atomic E-state index is -0.893. The summed E-state index contributed by atoms with van der Waals surface area (Å²) in [6, 6.07) is 6.39. The SMILES string of the molecule is C[C@H]1[C@H](C)CCC[C@H]1n1c(S[C@@H](C)C(=O)NC(N)=O)nc2ccccc2c1=O.